The van der Waals surface area contributed by atoms with Gasteiger partial charge in [0.05, 0.1) is 6.42 Å². The fraction of sp³-hybridized carbons (Fsp3) is 0.364. The number of amides is 2. The summed E-state index contributed by atoms with van der Waals surface area (Å²) in [5.74, 6) is -0.175. The Labute approximate surface area is 156 Å². The average molecular weight is 352 g/mol. The van der Waals surface area contributed by atoms with Crippen LogP contribution in [0.15, 0.2) is 48.5 Å². The number of aryl methyl sites for hydroxylation is 2. The Kier molecular flexibility index (Phi) is 6.96. The Morgan fingerprint density at radius 3 is 2.31 bits per heavy atom. The quantitative estimate of drug-likeness (QED) is 0.830. The second kappa shape index (κ2) is 9.18. The molecule has 2 amide bonds. The molecule has 2 aromatic rings. The van der Waals surface area contributed by atoms with E-state index >= 15 is 0 Å². The van der Waals surface area contributed by atoms with Gasteiger partial charge >= 0.3 is 0 Å². The van der Waals surface area contributed by atoms with Crippen molar-refractivity contribution in [1.82, 2.24) is 10.2 Å². The van der Waals surface area contributed by atoms with Crippen molar-refractivity contribution in [3.05, 3.63) is 70.8 Å². The number of carbonyl (C=O) groups is 2. The van der Waals surface area contributed by atoms with Gasteiger partial charge in [0.15, 0.2) is 0 Å². The van der Waals surface area contributed by atoms with E-state index in [1.54, 1.807) is 11.8 Å². The Morgan fingerprint density at radius 1 is 1.00 bits per heavy atom. The molecule has 138 valence electrons. The summed E-state index contributed by atoms with van der Waals surface area (Å²) in [5.41, 5.74) is 4.28. The Balaban J connectivity index is 2.21. The van der Waals surface area contributed by atoms with Gasteiger partial charge in [0.2, 0.25) is 11.8 Å². The van der Waals surface area contributed by atoms with Crippen molar-refractivity contribution in [2.24, 2.45) is 0 Å². The van der Waals surface area contributed by atoms with Crippen molar-refractivity contribution in [3.63, 3.8) is 0 Å². The minimum absolute atomic E-state index is 0.0471. The molecule has 1 unspecified atom stereocenters. The zero-order chi connectivity index (χ0) is 19.1. The molecular formula is C22H28N2O2. The van der Waals surface area contributed by atoms with Crippen molar-refractivity contribution >= 4 is 11.8 Å². The number of likely N-dealkylation sites (N-methyl/N-ethyl adjacent to an activating group) is 1. The number of benzene rings is 2. The number of nitrogens with one attached hydrogen (secondary N) is 1. The van der Waals surface area contributed by atoms with E-state index < -0.39 is 6.04 Å². The molecule has 0 aliphatic carbocycles. The minimum atomic E-state index is -0.520. The molecule has 0 heterocycles. The zero-order valence-corrected chi connectivity index (χ0v) is 16.1. The van der Waals surface area contributed by atoms with Crippen LogP contribution in [0.2, 0.25) is 0 Å². The predicted octanol–water partition coefficient (Wildman–Crippen LogP) is 3.40. The molecule has 0 saturated carbocycles. The average Bonchev–Trinajstić information content (AvgIpc) is 2.61. The van der Waals surface area contributed by atoms with Crippen LogP contribution in [0.1, 0.15) is 36.1 Å². The molecule has 2 rings (SSSR count). The molecule has 0 saturated heterocycles. The van der Waals surface area contributed by atoms with Gasteiger partial charge in [-0.15, -0.1) is 0 Å². The van der Waals surface area contributed by atoms with Crippen LogP contribution in [0.5, 0.6) is 0 Å². The third-order valence-corrected chi connectivity index (χ3v) is 4.43. The number of rotatable bonds is 7. The van der Waals surface area contributed by atoms with Crippen molar-refractivity contribution in [2.45, 2.75) is 46.7 Å². The van der Waals surface area contributed by atoms with Gasteiger partial charge < -0.3 is 10.2 Å². The highest BCUT2D eigenvalue weighted by atomic mass is 16.2. The van der Waals surface area contributed by atoms with Gasteiger partial charge in [0, 0.05) is 13.1 Å². The van der Waals surface area contributed by atoms with Gasteiger partial charge in [-0.05, 0) is 38.8 Å². The summed E-state index contributed by atoms with van der Waals surface area (Å²) < 4.78 is 0. The molecule has 0 fully saturated rings. The molecule has 0 aliphatic rings. The maximum Gasteiger partial charge on any atom is 0.242 e. The lowest BCUT2D eigenvalue weighted by Crippen LogP contribution is -2.48. The first-order valence-corrected chi connectivity index (χ1v) is 9.09. The molecule has 26 heavy (non-hydrogen) atoms. The molecule has 2 aromatic carbocycles. The summed E-state index contributed by atoms with van der Waals surface area (Å²) in [4.78, 5) is 27.0. The molecule has 0 radical (unpaired) electrons. The van der Waals surface area contributed by atoms with Crippen LogP contribution in [-0.2, 0) is 22.6 Å². The van der Waals surface area contributed by atoms with Gasteiger partial charge in [0.25, 0.3) is 0 Å². The van der Waals surface area contributed by atoms with E-state index in [1.807, 2.05) is 63.2 Å². The van der Waals surface area contributed by atoms with Crippen LogP contribution in [0, 0.1) is 13.8 Å². The van der Waals surface area contributed by atoms with E-state index in [9.17, 15) is 9.59 Å². The highest BCUT2D eigenvalue weighted by Gasteiger charge is 2.25. The molecule has 0 spiro atoms. The van der Waals surface area contributed by atoms with Crippen molar-refractivity contribution < 1.29 is 9.59 Å². The number of nitrogens with zero attached hydrogens (tertiary/aromatic N) is 1. The maximum atomic E-state index is 13.0. The van der Waals surface area contributed by atoms with E-state index in [0.29, 0.717) is 13.1 Å². The Bertz CT molecular complexity index is 753. The van der Waals surface area contributed by atoms with Gasteiger partial charge in [-0.1, -0.05) is 59.7 Å². The molecule has 0 bridgehead atoms. The first kappa shape index (κ1) is 19.7. The molecule has 0 aliphatic heterocycles. The van der Waals surface area contributed by atoms with Crippen LogP contribution in [0.3, 0.4) is 0 Å². The molecule has 0 aromatic heterocycles. The number of hydrogen-bond donors (Lipinski definition) is 1. The SMILES string of the molecule is CCNC(=O)C(C)N(Cc1cccc(C)c1)C(=O)Cc1ccc(C)cc1. The number of carbonyl (C=O) groups excluding carboxylic acids is 2. The second-order valence-electron chi connectivity index (χ2n) is 6.74. The third-order valence-electron chi connectivity index (χ3n) is 4.43. The molecule has 1 N–H and O–H groups in total. The smallest absolute Gasteiger partial charge is 0.242 e. The van der Waals surface area contributed by atoms with E-state index in [2.05, 4.69) is 11.4 Å². The van der Waals surface area contributed by atoms with Crippen molar-refractivity contribution in [1.29, 1.82) is 0 Å². The normalized spacial score (nSPS) is 11.7. The topological polar surface area (TPSA) is 49.4 Å². The molecular weight excluding hydrogens is 324 g/mol. The minimum Gasteiger partial charge on any atom is -0.355 e. The molecule has 1 atom stereocenters. The summed E-state index contributed by atoms with van der Waals surface area (Å²) in [6.45, 7) is 8.68. The van der Waals surface area contributed by atoms with Crippen molar-refractivity contribution in [2.75, 3.05) is 6.54 Å². The maximum absolute atomic E-state index is 13.0. The Morgan fingerprint density at radius 2 is 1.69 bits per heavy atom. The van der Waals surface area contributed by atoms with E-state index in [-0.39, 0.29) is 18.2 Å². The summed E-state index contributed by atoms with van der Waals surface area (Å²) in [6.07, 6.45) is 0.288. The summed E-state index contributed by atoms with van der Waals surface area (Å²) in [6, 6.07) is 15.5. The lowest BCUT2D eigenvalue weighted by molar-refractivity contribution is -0.140. The summed E-state index contributed by atoms with van der Waals surface area (Å²) in [7, 11) is 0. The van der Waals surface area contributed by atoms with Crippen LogP contribution in [0.4, 0.5) is 0 Å². The number of hydrogen-bond acceptors (Lipinski definition) is 2. The highest BCUT2D eigenvalue weighted by molar-refractivity contribution is 5.88. The van der Waals surface area contributed by atoms with Crippen LogP contribution < -0.4 is 5.32 Å². The summed E-state index contributed by atoms with van der Waals surface area (Å²) in [5, 5.41) is 2.82. The monoisotopic (exact) mass is 352 g/mol. The van der Waals surface area contributed by atoms with E-state index in [0.717, 1.165) is 22.3 Å². The first-order valence-electron chi connectivity index (χ1n) is 9.09. The lowest BCUT2D eigenvalue weighted by Gasteiger charge is -2.29. The summed E-state index contributed by atoms with van der Waals surface area (Å²) >= 11 is 0. The van der Waals surface area contributed by atoms with Gasteiger partial charge in [-0.25, -0.2) is 0 Å². The standard InChI is InChI=1S/C22H28N2O2/c1-5-23-22(26)18(4)24(15-20-8-6-7-17(3)13-20)21(25)14-19-11-9-16(2)10-12-19/h6-13,18H,5,14-15H2,1-4H3,(H,23,26). The molecule has 4 nitrogen and oxygen atoms in total. The lowest BCUT2D eigenvalue weighted by atomic mass is 10.1. The van der Waals surface area contributed by atoms with Crippen molar-refractivity contribution in [3.8, 4) is 0 Å². The van der Waals surface area contributed by atoms with Gasteiger partial charge in [-0.2, -0.15) is 0 Å². The van der Waals surface area contributed by atoms with Crippen LogP contribution in [0.25, 0.3) is 0 Å². The van der Waals surface area contributed by atoms with E-state index in [1.165, 1.54) is 0 Å². The fourth-order valence-electron chi connectivity index (χ4n) is 2.89. The third kappa shape index (κ3) is 5.45. The highest BCUT2D eigenvalue weighted by Crippen LogP contribution is 2.14. The predicted molar refractivity (Wildman–Crippen MR) is 105 cm³/mol. The Hall–Kier alpha value is -2.62. The first-order chi connectivity index (χ1) is 12.4. The van der Waals surface area contributed by atoms with Gasteiger partial charge in [-0.3, -0.25) is 9.59 Å². The molecule has 4 heteroatoms. The zero-order valence-electron chi connectivity index (χ0n) is 16.1. The largest absolute Gasteiger partial charge is 0.355 e. The fourth-order valence-corrected chi connectivity index (χ4v) is 2.89. The van der Waals surface area contributed by atoms with Crippen LogP contribution in [-0.4, -0.2) is 29.3 Å². The second-order valence-corrected chi connectivity index (χ2v) is 6.74. The van der Waals surface area contributed by atoms with E-state index in [4.69, 9.17) is 0 Å². The van der Waals surface area contributed by atoms with Crippen LogP contribution >= 0.6 is 0 Å². The van der Waals surface area contributed by atoms with Gasteiger partial charge in [0.1, 0.15) is 6.04 Å².